The van der Waals surface area contributed by atoms with Crippen molar-refractivity contribution < 1.29 is 19.4 Å². The van der Waals surface area contributed by atoms with Crippen LogP contribution in [0.1, 0.15) is 12.8 Å². The zero-order valence-electron chi connectivity index (χ0n) is 16.6. The van der Waals surface area contributed by atoms with E-state index < -0.39 is 6.09 Å². The quantitative estimate of drug-likeness (QED) is 0.639. The van der Waals surface area contributed by atoms with E-state index in [1.54, 1.807) is 26.4 Å². The normalized spacial score (nSPS) is 14.7. The first-order chi connectivity index (χ1) is 14.5. The molecule has 1 aliphatic heterocycles. The third-order valence-corrected chi connectivity index (χ3v) is 5.50. The summed E-state index contributed by atoms with van der Waals surface area (Å²) in [5.74, 6) is 2.51. The van der Waals surface area contributed by atoms with Gasteiger partial charge in [-0.25, -0.2) is 9.78 Å². The Kier molecular flexibility index (Phi) is 5.54. The van der Waals surface area contributed by atoms with Gasteiger partial charge < -0.3 is 24.8 Å². The van der Waals surface area contributed by atoms with Crippen LogP contribution < -0.4 is 19.7 Å². The molecule has 0 bridgehead atoms. The van der Waals surface area contributed by atoms with Gasteiger partial charge in [0.25, 0.3) is 0 Å². The number of imidazole rings is 1. The molecule has 1 aliphatic rings. The molecule has 3 aromatic rings. The average molecular weight is 432 g/mol. The SMILES string of the molecule is COc1cc(OC)c(-c2cn3ccc(N4CCC(NC(=O)O)CC4)nc3n2)cc1Cl. The predicted molar refractivity (Wildman–Crippen MR) is 113 cm³/mol. The number of nitrogens with one attached hydrogen (secondary N) is 1. The van der Waals surface area contributed by atoms with Crippen LogP contribution in [0.2, 0.25) is 5.02 Å². The van der Waals surface area contributed by atoms with Gasteiger partial charge >= 0.3 is 6.09 Å². The van der Waals surface area contributed by atoms with Crippen molar-refractivity contribution in [3.8, 4) is 22.8 Å². The van der Waals surface area contributed by atoms with Crippen LogP contribution in [0.4, 0.5) is 10.6 Å². The molecule has 0 radical (unpaired) electrons. The van der Waals surface area contributed by atoms with Gasteiger partial charge in [0.05, 0.1) is 24.9 Å². The number of nitrogens with zero attached hydrogens (tertiary/aromatic N) is 4. The Labute approximate surface area is 178 Å². The highest BCUT2D eigenvalue weighted by Crippen LogP contribution is 2.38. The molecule has 3 heterocycles. The van der Waals surface area contributed by atoms with Crippen LogP contribution in [0, 0.1) is 0 Å². The largest absolute Gasteiger partial charge is 0.496 e. The highest BCUT2D eigenvalue weighted by Gasteiger charge is 2.22. The van der Waals surface area contributed by atoms with Gasteiger partial charge in [-0.3, -0.25) is 4.40 Å². The lowest BCUT2D eigenvalue weighted by Crippen LogP contribution is -2.44. The molecule has 0 unspecified atom stereocenters. The number of carbonyl (C=O) groups is 1. The number of halogens is 1. The van der Waals surface area contributed by atoms with Crippen LogP contribution in [-0.4, -0.2) is 58.9 Å². The lowest BCUT2D eigenvalue weighted by atomic mass is 10.1. The number of hydrogen-bond acceptors (Lipinski definition) is 6. The Morgan fingerprint density at radius 3 is 2.60 bits per heavy atom. The second kappa shape index (κ2) is 8.27. The molecule has 2 N–H and O–H groups in total. The Bertz CT molecular complexity index is 1080. The molecular weight excluding hydrogens is 410 g/mol. The van der Waals surface area contributed by atoms with Crippen molar-refractivity contribution in [3.63, 3.8) is 0 Å². The third-order valence-electron chi connectivity index (χ3n) is 5.21. The van der Waals surface area contributed by atoms with Crippen molar-refractivity contribution in [2.45, 2.75) is 18.9 Å². The third kappa shape index (κ3) is 3.93. The first-order valence-corrected chi connectivity index (χ1v) is 9.88. The zero-order chi connectivity index (χ0) is 21.3. The summed E-state index contributed by atoms with van der Waals surface area (Å²) in [4.78, 5) is 22.3. The van der Waals surface area contributed by atoms with Crippen LogP contribution in [0.15, 0.2) is 30.6 Å². The number of piperidine rings is 1. The van der Waals surface area contributed by atoms with Crippen molar-refractivity contribution in [1.82, 2.24) is 19.7 Å². The molecule has 10 heteroatoms. The van der Waals surface area contributed by atoms with E-state index in [0.717, 1.165) is 37.3 Å². The van der Waals surface area contributed by atoms with E-state index in [-0.39, 0.29) is 6.04 Å². The highest BCUT2D eigenvalue weighted by atomic mass is 35.5. The smallest absolute Gasteiger partial charge is 0.404 e. The molecule has 0 saturated carbocycles. The summed E-state index contributed by atoms with van der Waals surface area (Å²) in [6.07, 6.45) is 4.27. The van der Waals surface area contributed by atoms with Crippen LogP contribution in [0.3, 0.4) is 0 Å². The number of amides is 1. The maximum atomic E-state index is 10.8. The van der Waals surface area contributed by atoms with E-state index in [4.69, 9.17) is 26.2 Å². The Morgan fingerprint density at radius 1 is 1.20 bits per heavy atom. The molecule has 1 fully saturated rings. The number of benzene rings is 1. The fraction of sp³-hybridized carbons (Fsp3) is 0.350. The standard InChI is InChI=1S/C20H22ClN5O4/c1-29-16-10-17(30-2)14(21)9-13(16)15-11-26-8-5-18(24-19(26)23-15)25-6-3-12(4-7-25)22-20(27)28/h5,8-12,22H,3-4,6-7H2,1-2H3,(H,27,28). The van der Waals surface area contributed by atoms with E-state index in [2.05, 4.69) is 20.2 Å². The molecule has 0 atom stereocenters. The number of aromatic nitrogens is 3. The molecule has 9 nitrogen and oxygen atoms in total. The number of rotatable bonds is 5. The van der Waals surface area contributed by atoms with E-state index >= 15 is 0 Å². The number of hydrogen-bond donors (Lipinski definition) is 2. The van der Waals surface area contributed by atoms with Gasteiger partial charge in [-0.1, -0.05) is 11.6 Å². The van der Waals surface area contributed by atoms with Crippen molar-refractivity contribution >= 4 is 29.3 Å². The van der Waals surface area contributed by atoms with Crippen molar-refractivity contribution in [1.29, 1.82) is 0 Å². The van der Waals surface area contributed by atoms with Crippen LogP contribution in [-0.2, 0) is 0 Å². The molecule has 30 heavy (non-hydrogen) atoms. The average Bonchev–Trinajstić information content (AvgIpc) is 3.17. The van der Waals surface area contributed by atoms with Crippen LogP contribution >= 0.6 is 11.6 Å². The van der Waals surface area contributed by atoms with Crippen molar-refractivity contribution in [2.75, 3.05) is 32.2 Å². The number of fused-ring (bicyclic) bond motifs is 1. The number of ether oxygens (including phenoxy) is 2. The second-order valence-electron chi connectivity index (χ2n) is 7.02. The predicted octanol–water partition coefficient (Wildman–Crippen LogP) is 3.30. The van der Waals surface area contributed by atoms with E-state index in [1.165, 1.54) is 0 Å². The van der Waals surface area contributed by atoms with Gasteiger partial charge in [-0.05, 0) is 25.0 Å². The highest BCUT2D eigenvalue weighted by molar-refractivity contribution is 6.32. The van der Waals surface area contributed by atoms with E-state index in [0.29, 0.717) is 28.0 Å². The summed E-state index contributed by atoms with van der Waals surface area (Å²) < 4.78 is 12.6. The summed E-state index contributed by atoms with van der Waals surface area (Å²) in [6.45, 7) is 1.45. The lowest BCUT2D eigenvalue weighted by Gasteiger charge is -2.32. The van der Waals surface area contributed by atoms with Gasteiger partial charge in [0.1, 0.15) is 17.3 Å². The Hall–Kier alpha value is -3.20. The molecule has 4 rings (SSSR count). The lowest BCUT2D eigenvalue weighted by molar-refractivity contribution is 0.187. The number of carboxylic acid groups (broad SMARTS) is 1. The maximum Gasteiger partial charge on any atom is 0.404 e. The Balaban J connectivity index is 1.60. The van der Waals surface area contributed by atoms with Crippen LogP contribution in [0.25, 0.3) is 17.0 Å². The molecule has 158 valence electrons. The number of methoxy groups -OCH3 is 2. The van der Waals surface area contributed by atoms with Gasteiger partial charge in [-0.15, -0.1) is 0 Å². The van der Waals surface area contributed by atoms with Crippen molar-refractivity contribution in [2.24, 2.45) is 0 Å². The van der Waals surface area contributed by atoms with E-state index in [9.17, 15) is 4.79 Å². The molecule has 1 saturated heterocycles. The topological polar surface area (TPSA) is 101 Å². The number of anilines is 1. The molecule has 1 aromatic carbocycles. The fourth-order valence-corrected chi connectivity index (χ4v) is 3.90. The maximum absolute atomic E-state index is 10.8. The van der Waals surface area contributed by atoms with Crippen LogP contribution in [0.5, 0.6) is 11.5 Å². The first-order valence-electron chi connectivity index (χ1n) is 9.50. The summed E-state index contributed by atoms with van der Waals surface area (Å²) in [5.41, 5.74) is 1.43. The minimum absolute atomic E-state index is 0.0206. The second-order valence-corrected chi connectivity index (χ2v) is 7.42. The zero-order valence-corrected chi connectivity index (χ0v) is 17.4. The molecule has 0 spiro atoms. The van der Waals surface area contributed by atoms with Gasteiger partial charge in [0.15, 0.2) is 0 Å². The first kappa shape index (κ1) is 20.1. The molecule has 1 amide bonds. The van der Waals surface area contributed by atoms with Gasteiger partial charge in [-0.2, -0.15) is 4.98 Å². The Morgan fingerprint density at radius 2 is 1.93 bits per heavy atom. The molecule has 0 aliphatic carbocycles. The summed E-state index contributed by atoms with van der Waals surface area (Å²) >= 11 is 6.30. The summed E-state index contributed by atoms with van der Waals surface area (Å²) in [6, 6.07) is 5.41. The summed E-state index contributed by atoms with van der Waals surface area (Å²) in [7, 11) is 3.14. The van der Waals surface area contributed by atoms with Crippen molar-refractivity contribution in [3.05, 3.63) is 35.6 Å². The minimum atomic E-state index is -0.980. The van der Waals surface area contributed by atoms with Gasteiger partial charge in [0.2, 0.25) is 5.78 Å². The minimum Gasteiger partial charge on any atom is -0.496 e. The summed E-state index contributed by atoms with van der Waals surface area (Å²) in [5, 5.41) is 11.9. The van der Waals surface area contributed by atoms with E-state index in [1.807, 2.05) is 22.9 Å². The monoisotopic (exact) mass is 431 g/mol. The molecule has 2 aromatic heterocycles. The molecular formula is C20H22ClN5O4. The van der Waals surface area contributed by atoms with Gasteiger partial charge in [0, 0.05) is 43.2 Å². The fourth-order valence-electron chi connectivity index (χ4n) is 3.66.